The van der Waals surface area contributed by atoms with Crippen LogP contribution in [0.5, 0.6) is 0 Å². The molecule has 2 aliphatic rings. The number of piperidine rings is 1. The van der Waals surface area contributed by atoms with Crippen molar-refractivity contribution >= 4 is 30.1 Å². The van der Waals surface area contributed by atoms with Crippen LogP contribution in [0.1, 0.15) is 56.7 Å². The summed E-state index contributed by atoms with van der Waals surface area (Å²) < 4.78 is 5.28. The Hall–Kier alpha value is -0.790. The lowest BCUT2D eigenvalue weighted by atomic mass is 9.99. The monoisotopic (exact) mass is 360 g/mol. The Bertz CT molecular complexity index is 513. The molecular weight excluding hydrogens is 336 g/mol. The van der Waals surface area contributed by atoms with Gasteiger partial charge in [-0.2, -0.15) is 4.98 Å². The van der Waals surface area contributed by atoms with Gasteiger partial charge in [0.25, 0.3) is 0 Å². The van der Waals surface area contributed by atoms with E-state index in [0.29, 0.717) is 23.2 Å². The maximum absolute atomic E-state index is 12.1. The van der Waals surface area contributed by atoms with Gasteiger partial charge in [0.15, 0.2) is 5.82 Å². The first kappa shape index (κ1) is 18.5. The molecule has 130 valence electrons. The van der Waals surface area contributed by atoms with Crippen LogP contribution in [0.4, 0.5) is 0 Å². The highest BCUT2D eigenvalue weighted by atomic mass is 35.5. The topological polar surface area (TPSA) is 85.2 Å². The van der Waals surface area contributed by atoms with Gasteiger partial charge in [-0.15, -0.1) is 24.2 Å². The Morgan fingerprint density at radius 2 is 1.91 bits per heavy atom. The molecule has 1 amide bonds. The van der Waals surface area contributed by atoms with Crippen molar-refractivity contribution < 1.29 is 9.32 Å². The molecule has 2 N–H and O–H groups in total. The van der Waals surface area contributed by atoms with Gasteiger partial charge in [0.05, 0.1) is 17.0 Å². The van der Waals surface area contributed by atoms with Crippen molar-refractivity contribution in [2.45, 2.75) is 56.2 Å². The zero-order valence-electron chi connectivity index (χ0n) is 13.3. The van der Waals surface area contributed by atoms with Crippen molar-refractivity contribution in [3.63, 3.8) is 0 Å². The zero-order valence-corrected chi connectivity index (χ0v) is 15.0. The van der Waals surface area contributed by atoms with Gasteiger partial charge in [0.2, 0.25) is 11.8 Å². The molecule has 1 aromatic rings. The van der Waals surface area contributed by atoms with E-state index in [2.05, 4.69) is 10.1 Å². The second kappa shape index (κ2) is 8.35. The maximum atomic E-state index is 12.1. The summed E-state index contributed by atoms with van der Waals surface area (Å²) in [7, 11) is 0. The molecule has 1 saturated carbocycles. The van der Waals surface area contributed by atoms with E-state index < -0.39 is 5.54 Å². The smallest absolute Gasteiger partial charge is 0.236 e. The molecule has 1 aliphatic heterocycles. The van der Waals surface area contributed by atoms with Gasteiger partial charge in [-0.3, -0.25) is 4.79 Å². The van der Waals surface area contributed by atoms with Crippen LogP contribution >= 0.6 is 24.2 Å². The second-order valence-corrected chi connectivity index (χ2v) is 7.29. The number of thioether (sulfide) groups is 1. The van der Waals surface area contributed by atoms with Gasteiger partial charge in [-0.1, -0.05) is 18.0 Å². The predicted molar refractivity (Wildman–Crippen MR) is 92.5 cm³/mol. The summed E-state index contributed by atoms with van der Waals surface area (Å²) in [5, 5.41) is 4.04. The fourth-order valence-electron chi connectivity index (χ4n) is 3.21. The largest absolute Gasteiger partial charge is 0.342 e. The Morgan fingerprint density at radius 1 is 1.22 bits per heavy atom. The van der Waals surface area contributed by atoms with Crippen molar-refractivity contribution in [3.8, 4) is 0 Å². The summed E-state index contributed by atoms with van der Waals surface area (Å²) in [5.41, 5.74) is 5.91. The van der Waals surface area contributed by atoms with Crippen LogP contribution in [0.2, 0.25) is 0 Å². The Kier molecular flexibility index (Phi) is 6.73. The van der Waals surface area contributed by atoms with E-state index >= 15 is 0 Å². The quantitative estimate of drug-likeness (QED) is 0.868. The van der Waals surface area contributed by atoms with E-state index in [1.807, 2.05) is 4.90 Å². The molecule has 0 radical (unpaired) electrons. The summed E-state index contributed by atoms with van der Waals surface area (Å²) in [5.74, 6) is 2.47. The number of hydrogen-bond acceptors (Lipinski definition) is 6. The predicted octanol–water partition coefficient (Wildman–Crippen LogP) is 2.47. The van der Waals surface area contributed by atoms with Crippen molar-refractivity contribution in [2.24, 2.45) is 5.73 Å². The number of aromatic nitrogens is 2. The van der Waals surface area contributed by atoms with Gasteiger partial charge in [0.1, 0.15) is 0 Å². The zero-order chi connectivity index (χ0) is 15.4. The van der Waals surface area contributed by atoms with E-state index in [1.54, 1.807) is 0 Å². The summed E-state index contributed by atoms with van der Waals surface area (Å²) >= 11 is 1.53. The lowest BCUT2D eigenvalue weighted by Crippen LogP contribution is -2.36. The van der Waals surface area contributed by atoms with E-state index in [-0.39, 0.29) is 18.3 Å². The van der Waals surface area contributed by atoms with E-state index in [1.165, 1.54) is 18.2 Å². The summed E-state index contributed by atoms with van der Waals surface area (Å²) in [6.07, 6.45) is 7.59. The number of carbonyl (C=O) groups excluding carboxylic acids is 1. The number of likely N-dealkylation sites (tertiary alicyclic amines) is 1. The Labute approximate surface area is 147 Å². The number of hydrogen-bond donors (Lipinski definition) is 1. The minimum absolute atomic E-state index is 0. The highest BCUT2D eigenvalue weighted by Crippen LogP contribution is 2.34. The van der Waals surface area contributed by atoms with Gasteiger partial charge in [-0.05, 0) is 32.1 Å². The molecular formula is C15H25ClN4O2S. The first-order chi connectivity index (χ1) is 10.7. The van der Waals surface area contributed by atoms with Crippen LogP contribution in [0.3, 0.4) is 0 Å². The van der Waals surface area contributed by atoms with Crippen LogP contribution in [-0.4, -0.2) is 39.8 Å². The van der Waals surface area contributed by atoms with Crippen molar-refractivity contribution in [1.82, 2.24) is 15.0 Å². The molecule has 0 bridgehead atoms. The molecule has 0 spiro atoms. The average Bonchev–Trinajstić information content (AvgIpc) is 3.18. The van der Waals surface area contributed by atoms with E-state index in [9.17, 15) is 4.79 Å². The molecule has 1 saturated heterocycles. The van der Waals surface area contributed by atoms with Crippen LogP contribution in [0.15, 0.2) is 4.52 Å². The minimum Gasteiger partial charge on any atom is -0.342 e. The fourth-order valence-corrected chi connectivity index (χ4v) is 3.96. The van der Waals surface area contributed by atoms with Crippen molar-refractivity contribution in [1.29, 1.82) is 0 Å². The van der Waals surface area contributed by atoms with Crippen molar-refractivity contribution in [3.05, 3.63) is 11.7 Å². The Balaban J connectivity index is 0.00000192. The van der Waals surface area contributed by atoms with Crippen LogP contribution in [0, 0.1) is 0 Å². The molecule has 0 atom stereocenters. The number of nitrogens with two attached hydrogens (primary N) is 1. The molecule has 0 unspecified atom stereocenters. The molecule has 8 heteroatoms. The molecule has 1 aromatic heterocycles. The minimum atomic E-state index is -0.407. The lowest BCUT2D eigenvalue weighted by molar-refractivity contribution is -0.129. The average molecular weight is 361 g/mol. The normalized spacial score (nSPS) is 20.3. The molecule has 23 heavy (non-hydrogen) atoms. The first-order valence-electron chi connectivity index (χ1n) is 8.15. The third-order valence-corrected chi connectivity index (χ3v) is 5.47. The van der Waals surface area contributed by atoms with Crippen molar-refractivity contribution in [2.75, 3.05) is 18.8 Å². The summed E-state index contributed by atoms with van der Waals surface area (Å²) in [6.45, 7) is 1.81. The molecule has 3 rings (SSSR count). The highest BCUT2D eigenvalue weighted by molar-refractivity contribution is 7.99. The number of amides is 1. The second-order valence-electron chi connectivity index (χ2n) is 6.31. The third kappa shape index (κ3) is 4.61. The molecule has 0 aromatic carbocycles. The fraction of sp³-hybridized carbons (Fsp3) is 0.800. The molecule has 2 heterocycles. The Morgan fingerprint density at radius 3 is 2.61 bits per heavy atom. The maximum Gasteiger partial charge on any atom is 0.236 e. The molecule has 6 nitrogen and oxygen atoms in total. The van der Waals surface area contributed by atoms with Gasteiger partial charge < -0.3 is 15.2 Å². The first-order valence-corrected chi connectivity index (χ1v) is 9.30. The molecule has 1 aliphatic carbocycles. The van der Waals surface area contributed by atoms with Crippen LogP contribution in [0.25, 0.3) is 0 Å². The van der Waals surface area contributed by atoms with Gasteiger partial charge >= 0.3 is 0 Å². The lowest BCUT2D eigenvalue weighted by Gasteiger charge is -2.26. The van der Waals surface area contributed by atoms with Gasteiger partial charge in [-0.25, -0.2) is 0 Å². The molecule has 2 fully saturated rings. The summed E-state index contributed by atoms with van der Waals surface area (Å²) in [4.78, 5) is 18.5. The van der Waals surface area contributed by atoms with E-state index in [4.69, 9.17) is 10.3 Å². The van der Waals surface area contributed by atoms with Crippen LogP contribution in [-0.2, 0) is 16.1 Å². The number of carbonyl (C=O) groups is 1. The van der Waals surface area contributed by atoms with Gasteiger partial charge in [0, 0.05) is 13.1 Å². The third-order valence-electron chi connectivity index (χ3n) is 4.57. The van der Waals surface area contributed by atoms with E-state index in [0.717, 1.165) is 51.6 Å². The standard InChI is InChI=1S/C15H24N4O2S.ClH/c16-15(6-2-3-7-15)14-17-12(21-18-14)10-22-11-13(20)19-8-4-1-5-9-19;/h1-11,16H2;1H. The SMILES string of the molecule is Cl.NC1(c2noc(CSCC(=O)N3CCCCC3)n2)CCCC1. The number of nitrogens with zero attached hydrogens (tertiary/aromatic N) is 3. The highest BCUT2D eigenvalue weighted by Gasteiger charge is 2.35. The van der Waals surface area contributed by atoms with Crippen LogP contribution < -0.4 is 5.73 Å². The number of rotatable bonds is 5. The summed E-state index contributed by atoms with van der Waals surface area (Å²) in [6, 6.07) is 0. The number of halogens is 1.